The normalized spacial score (nSPS) is 14.7. The molecule has 2 N–H and O–H groups in total. The van der Waals surface area contributed by atoms with Gasteiger partial charge in [-0.3, -0.25) is 0 Å². The van der Waals surface area contributed by atoms with Gasteiger partial charge in [0.05, 0.1) is 0 Å². The lowest BCUT2D eigenvalue weighted by atomic mass is 10.1. The molecule has 0 aliphatic heterocycles. The number of fused-ring (bicyclic) bond motifs is 1. The molecule has 0 amide bonds. The van der Waals surface area contributed by atoms with Gasteiger partial charge in [-0.15, -0.1) is 0 Å². The standard InChI is InChI=1S/C22H25N3S/c1-16-10-12-18(13-11-16)24-22(26)25(19-6-2-3-7-19)15-17-14-23-21-9-5-4-8-20(17)21/h4-5,8-14,19,23H,2-3,6-7,15H2,1H3,(H,24,26). The van der Waals surface area contributed by atoms with Crippen LogP contribution in [0.25, 0.3) is 10.9 Å². The van der Waals surface area contributed by atoms with Gasteiger partial charge in [-0.25, -0.2) is 0 Å². The van der Waals surface area contributed by atoms with Crippen molar-refractivity contribution in [3.63, 3.8) is 0 Å². The van der Waals surface area contributed by atoms with Crippen LogP contribution in [0.5, 0.6) is 0 Å². The van der Waals surface area contributed by atoms with E-state index in [1.807, 2.05) is 0 Å². The second kappa shape index (κ2) is 7.50. The first-order valence-electron chi connectivity index (χ1n) is 9.40. The predicted octanol–water partition coefficient (Wildman–Crippen LogP) is 5.62. The SMILES string of the molecule is Cc1ccc(NC(=S)N(Cc2c[nH]c3ccccc23)C2CCCC2)cc1. The summed E-state index contributed by atoms with van der Waals surface area (Å²) < 4.78 is 0. The number of benzene rings is 2. The minimum Gasteiger partial charge on any atom is -0.361 e. The molecule has 3 aromatic rings. The summed E-state index contributed by atoms with van der Waals surface area (Å²) in [5, 5.41) is 5.56. The van der Waals surface area contributed by atoms with Crippen molar-refractivity contribution in [1.82, 2.24) is 9.88 Å². The molecule has 26 heavy (non-hydrogen) atoms. The van der Waals surface area contributed by atoms with E-state index in [4.69, 9.17) is 12.2 Å². The number of rotatable bonds is 4. The first kappa shape index (κ1) is 17.1. The minimum absolute atomic E-state index is 0.522. The van der Waals surface area contributed by atoms with Gasteiger partial charge in [-0.05, 0) is 55.7 Å². The van der Waals surface area contributed by atoms with Gasteiger partial charge in [-0.1, -0.05) is 48.7 Å². The monoisotopic (exact) mass is 363 g/mol. The molecule has 1 aromatic heterocycles. The Balaban J connectivity index is 1.57. The molecule has 0 atom stereocenters. The first-order valence-corrected chi connectivity index (χ1v) is 9.81. The van der Waals surface area contributed by atoms with E-state index in [9.17, 15) is 0 Å². The summed E-state index contributed by atoms with van der Waals surface area (Å²) >= 11 is 5.83. The maximum atomic E-state index is 5.83. The van der Waals surface area contributed by atoms with E-state index in [1.54, 1.807) is 0 Å². The third-order valence-corrected chi connectivity index (χ3v) is 5.68. The van der Waals surface area contributed by atoms with E-state index in [-0.39, 0.29) is 0 Å². The van der Waals surface area contributed by atoms with Gasteiger partial charge in [-0.2, -0.15) is 0 Å². The van der Waals surface area contributed by atoms with E-state index in [0.29, 0.717) is 6.04 Å². The van der Waals surface area contributed by atoms with Crippen molar-refractivity contribution in [2.24, 2.45) is 0 Å². The van der Waals surface area contributed by atoms with Crippen LogP contribution in [-0.4, -0.2) is 21.0 Å². The van der Waals surface area contributed by atoms with Crippen molar-refractivity contribution < 1.29 is 0 Å². The summed E-state index contributed by atoms with van der Waals surface area (Å²) in [6.07, 6.45) is 7.15. The fraction of sp³-hybridized carbons (Fsp3) is 0.318. The van der Waals surface area contributed by atoms with E-state index in [0.717, 1.165) is 17.3 Å². The number of anilines is 1. The van der Waals surface area contributed by atoms with Crippen LogP contribution in [0.2, 0.25) is 0 Å². The van der Waals surface area contributed by atoms with Gasteiger partial charge >= 0.3 is 0 Å². The topological polar surface area (TPSA) is 31.1 Å². The van der Waals surface area contributed by atoms with Crippen molar-refractivity contribution in [2.75, 3.05) is 5.32 Å². The number of aromatic nitrogens is 1. The lowest BCUT2D eigenvalue weighted by Crippen LogP contribution is -2.40. The van der Waals surface area contributed by atoms with E-state index in [2.05, 4.69) is 76.9 Å². The molecule has 1 fully saturated rings. The number of H-pyrrole nitrogens is 1. The van der Waals surface area contributed by atoms with Crippen molar-refractivity contribution in [1.29, 1.82) is 0 Å². The molecular formula is C22H25N3S. The molecule has 0 radical (unpaired) electrons. The van der Waals surface area contributed by atoms with E-state index in [1.165, 1.54) is 47.7 Å². The van der Waals surface area contributed by atoms with Gasteiger partial charge in [0.1, 0.15) is 0 Å². The Hall–Kier alpha value is -2.33. The van der Waals surface area contributed by atoms with Gasteiger partial charge < -0.3 is 15.2 Å². The zero-order chi connectivity index (χ0) is 17.9. The summed E-state index contributed by atoms with van der Waals surface area (Å²) in [6.45, 7) is 2.94. The number of nitrogens with zero attached hydrogens (tertiary/aromatic N) is 1. The summed E-state index contributed by atoms with van der Waals surface area (Å²) in [4.78, 5) is 5.78. The van der Waals surface area contributed by atoms with Crippen LogP contribution in [0.1, 0.15) is 36.8 Å². The molecule has 1 heterocycles. The van der Waals surface area contributed by atoms with Gasteiger partial charge in [0, 0.05) is 35.4 Å². The third kappa shape index (κ3) is 3.61. The second-order valence-electron chi connectivity index (χ2n) is 7.22. The van der Waals surface area contributed by atoms with Crippen LogP contribution in [-0.2, 0) is 6.54 Å². The van der Waals surface area contributed by atoms with Gasteiger partial charge in [0.15, 0.2) is 5.11 Å². The molecule has 4 heteroatoms. The minimum atomic E-state index is 0.522. The molecule has 2 aromatic carbocycles. The number of aryl methyl sites for hydroxylation is 1. The number of para-hydroxylation sites is 1. The molecule has 0 spiro atoms. The molecule has 0 saturated heterocycles. The van der Waals surface area contributed by atoms with Crippen LogP contribution in [0.3, 0.4) is 0 Å². The summed E-state index contributed by atoms with van der Waals surface area (Å²) in [5.41, 5.74) is 4.81. The molecule has 3 nitrogen and oxygen atoms in total. The van der Waals surface area contributed by atoms with E-state index >= 15 is 0 Å². The highest BCUT2D eigenvalue weighted by atomic mass is 32.1. The second-order valence-corrected chi connectivity index (χ2v) is 7.61. The highest BCUT2D eigenvalue weighted by Gasteiger charge is 2.25. The average Bonchev–Trinajstić information content (AvgIpc) is 3.31. The first-order chi connectivity index (χ1) is 12.7. The highest BCUT2D eigenvalue weighted by molar-refractivity contribution is 7.80. The van der Waals surface area contributed by atoms with Crippen LogP contribution in [0, 0.1) is 6.92 Å². The van der Waals surface area contributed by atoms with Crippen molar-refractivity contribution in [2.45, 2.75) is 45.2 Å². The summed E-state index contributed by atoms with van der Waals surface area (Å²) in [5.74, 6) is 0. The summed E-state index contributed by atoms with van der Waals surface area (Å²) in [6, 6.07) is 17.4. The molecule has 4 rings (SSSR count). The highest BCUT2D eigenvalue weighted by Crippen LogP contribution is 2.28. The zero-order valence-corrected chi connectivity index (χ0v) is 16.0. The number of nitrogens with one attached hydrogen (secondary N) is 2. The molecule has 0 bridgehead atoms. The quantitative estimate of drug-likeness (QED) is 0.590. The van der Waals surface area contributed by atoms with Crippen molar-refractivity contribution in [3.05, 3.63) is 65.9 Å². The zero-order valence-electron chi connectivity index (χ0n) is 15.2. The fourth-order valence-corrected chi connectivity index (χ4v) is 4.19. The van der Waals surface area contributed by atoms with Crippen LogP contribution >= 0.6 is 12.2 Å². The lowest BCUT2D eigenvalue weighted by Gasteiger charge is -2.31. The molecule has 1 aliphatic carbocycles. The van der Waals surface area contributed by atoms with Gasteiger partial charge in [0.2, 0.25) is 0 Å². The molecule has 1 saturated carbocycles. The van der Waals surface area contributed by atoms with Crippen molar-refractivity contribution >= 4 is 33.9 Å². The Kier molecular flexibility index (Phi) is 4.93. The average molecular weight is 364 g/mol. The largest absolute Gasteiger partial charge is 0.361 e. The Morgan fingerprint density at radius 3 is 2.62 bits per heavy atom. The van der Waals surface area contributed by atoms with Gasteiger partial charge in [0.25, 0.3) is 0 Å². The number of aromatic amines is 1. The number of hydrogen-bond donors (Lipinski definition) is 2. The number of hydrogen-bond acceptors (Lipinski definition) is 1. The maximum absolute atomic E-state index is 5.83. The Bertz CT molecular complexity index is 891. The third-order valence-electron chi connectivity index (χ3n) is 5.34. The predicted molar refractivity (Wildman–Crippen MR) is 113 cm³/mol. The van der Waals surface area contributed by atoms with Crippen LogP contribution < -0.4 is 5.32 Å². The molecule has 0 unspecified atom stereocenters. The van der Waals surface area contributed by atoms with E-state index < -0.39 is 0 Å². The molecular weight excluding hydrogens is 338 g/mol. The maximum Gasteiger partial charge on any atom is 0.173 e. The fourth-order valence-electron chi connectivity index (χ4n) is 3.86. The number of thiocarbonyl (C=S) groups is 1. The Morgan fingerprint density at radius 1 is 1.12 bits per heavy atom. The summed E-state index contributed by atoms with van der Waals surface area (Å²) in [7, 11) is 0. The lowest BCUT2D eigenvalue weighted by molar-refractivity contribution is 0.313. The Labute approximate surface area is 160 Å². The van der Waals surface area contributed by atoms with Crippen molar-refractivity contribution in [3.8, 4) is 0 Å². The van der Waals surface area contributed by atoms with Crippen LogP contribution in [0.4, 0.5) is 5.69 Å². The smallest absolute Gasteiger partial charge is 0.173 e. The molecule has 134 valence electrons. The Morgan fingerprint density at radius 2 is 1.85 bits per heavy atom. The van der Waals surface area contributed by atoms with Crippen LogP contribution in [0.15, 0.2) is 54.7 Å². The molecule has 1 aliphatic rings.